The fourth-order valence-electron chi connectivity index (χ4n) is 12.7. The van der Waals surface area contributed by atoms with E-state index in [1.54, 1.807) is 206 Å². The van der Waals surface area contributed by atoms with Crippen LogP contribution in [-0.2, 0) is 52.8 Å². The van der Waals surface area contributed by atoms with Crippen LogP contribution in [-0.4, -0.2) is 179 Å². The number of methoxy groups -OCH3 is 2. The molecular formula is C89H102Cl5N19O14P4S3. The van der Waals surface area contributed by atoms with Gasteiger partial charge in [-0.05, 0) is 208 Å². The van der Waals surface area contributed by atoms with Crippen molar-refractivity contribution in [3.05, 3.63) is 231 Å². The number of carbonyl (C=O) groups is 2. The van der Waals surface area contributed by atoms with Gasteiger partial charge in [-0.1, -0.05) is 113 Å². The van der Waals surface area contributed by atoms with E-state index in [0.717, 1.165) is 16.6 Å². The Morgan fingerprint density at radius 1 is 0.448 bits per heavy atom. The Hall–Kier alpha value is -10.8. The number of amides is 2. The molecule has 710 valence electrons. The number of aromatic nitrogens is 8. The number of ether oxygens (including phenoxy) is 2. The number of carbonyl (C=O) groups excluding carboxylic acids is 2. The molecule has 0 radical (unpaired) electrons. The maximum Gasteiger partial charge on any atom is 0.250 e. The average molecular weight is 2060 g/mol. The van der Waals surface area contributed by atoms with E-state index in [9.17, 15) is 53.1 Å². The summed E-state index contributed by atoms with van der Waals surface area (Å²) in [7, 11) is -17.7. The topological polar surface area (TPSA) is 464 Å². The lowest BCUT2D eigenvalue weighted by molar-refractivity contribution is -0.128. The third-order valence-electron chi connectivity index (χ3n) is 20.3. The molecule has 2 amide bonds. The molecule has 13 rings (SSSR count). The molecular weight excluding hydrogens is 1960 g/mol. The summed E-state index contributed by atoms with van der Waals surface area (Å²) in [6.45, 7) is 23.2. The summed E-state index contributed by atoms with van der Waals surface area (Å²) in [6.07, 6.45) is 7.18. The van der Waals surface area contributed by atoms with Crippen LogP contribution in [0.5, 0.6) is 11.5 Å². The smallest absolute Gasteiger partial charge is 0.250 e. The fourth-order valence-corrected chi connectivity index (χ4v) is 22.5. The number of sulfonamides is 1. The van der Waals surface area contributed by atoms with Gasteiger partial charge in [-0.2, -0.15) is 19.9 Å². The number of hydrogen-bond acceptors (Lipinski definition) is 30. The van der Waals surface area contributed by atoms with Gasteiger partial charge >= 0.3 is 0 Å². The summed E-state index contributed by atoms with van der Waals surface area (Å²) in [5.74, 6) is 2.30. The van der Waals surface area contributed by atoms with E-state index >= 15 is 0 Å². The van der Waals surface area contributed by atoms with Crippen molar-refractivity contribution in [1.29, 1.82) is 0 Å². The second-order valence-corrected chi connectivity index (χ2v) is 53.4. The lowest BCUT2D eigenvalue weighted by Crippen LogP contribution is -2.39. The molecule has 0 aliphatic carbocycles. The van der Waals surface area contributed by atoms with Crippen LogP contribution in [0.2, 0.25) is 25.1 Å². The molecule has 1 saturated heterocycles. The van der Waals surface area contributed by atoms with Gasteiger partial charge in [-0.25, -0.2) is 49.9 Å². The van der Waals surface area contributed by atoms with E-state index in [1.165, 1.54) is 64.1 Å². The number of para-hydroxylation sites is 4. The number of nitrogens with two attached hydrogens (primary N) is 1. The van der Waals surface area contributed by atoms with Gasteiger partial charge in [0.05, 0.1) is 110 Å². The normalized spacial score (nSPS) is 12.7. The molecule has 0 unspecified atom stereocenters. The van der Waals surface area contributed by atoms with Gasteiger partial charge in [0.1, 0.15) is 65.1 Å². The van der Waals surface area contributed by atoms with E-state index < -0.39 is 74.7 Å². The maximum atomic E-state index is 13.6. The Morgan fingerprint density at radius 3 is 1.18 bits per heavy atom. The minimum atomic E-state index is -3.70. The van der Waals surface area contributed by atoms with Gasteiger partial charge < -0.3 is 80.9 Å². The number of benzene rings is 8. The molecule has 11 N–H and O–H groups in total. The summed E-state index contributed by atoms with van der Waals surface area (Å²) < 4.78 is 141. The Morgan fingerprint density at radius 2 is 0.791 bits per heavy atom. The van der Waals surface area contributed by atoms with Crippen molar-refractivity contribution < 1.29 is 62.6 Å². The lowest BCUT2D eigenvalue weighted by atomic mass is 10.1. The van der Waals surface area contributed by atoms with Gasteiger partial charge in [-0.3, -0.25) is 9.59 Å². The molecule has 45 heteroatoms. The molecule has 1 aliphatic heterocycles. The van der Waals surface area contributed by atoms with E-state index in [0.29, 0.717) is 122 Å². The van der Waals surface area contributed by atoms with Crippen molar-refractivity contribution in [3.8, 4) is 11.5 Å². The first-order valence-electron chi connectivity index (χ1n) is 41.2. The van der Waals surface area contributed by atoms with E-state index in [-0.39, 0.29) is 81.9 Å². The number of nitrogens with one attached hydrogen (secondary N) is 9. The fraction of sp³-hybridized carbons (Fsp3) is 0.258. The Bertz CT molecular complexity index is 6940. The summed E-state index contributed by atoms with van der Waals surface area (Å²) in [5.41, 5.74) is 10.6. The van der Waals surface area contributed by atoms with Crippen LogP contribution < -0.4 is 83.7 Å². The standard InChI is InChI=1S/C26H31ClN5O5PS.C22H27ClN5O3PS.C21H23Cl2N4O3PS.C20H21ClN5O3P/c1-17(2)39(35,36)24-8-6-5-7-22(24)29-25-20(27)16-28-26(31-25)30-21-10-9-19(15-23(21)37-4)38(34)13-11-32(12-14-38)18(3)33;1-5-12-25-33(30,31)20-9-7-6-8-19(20)26-21-17(23)14-24-22(28-21)27-18-11-10-16(13-15(18)2)32(3,4)29;1-13(2)32(29,30)19-8-6-5-7-18(19)25-20-16(23)12-24-21(27-20)26-17-10-9-14(11-15(17)22)31(3,4)28;1-29-17-10-12(30(2,3)28)8-9-16(17)25-20-23-11-14(21)19(26-20)24-15-7-5-4-6-13(15)18(22)27/h5-10,15-17H,11-14H2,1-4H3,(H2,28,29,30,31);6-11,13-14,25H,5,12H2,1-4H3,(H2,24,26,27,28);5-13H,1-4H3,(H2,24,25,26,27);4-11H,1-3H3,(H2,22,27)(H2,23,24,25,26). The first kappa shape index (κ1) is 105. The molecule has 1 aliphatic rings. The number of halogens is 5. The molecule has 0 spiro atoms. The van der Waals surface area contributed by atoms with Crippen LogP contribution in [0.15, 0.2) is 209 Å². The predicted molar refractivity (Wildman–Crippen MR) is 544 cm³/mol. The lowest BCUT2D eigenvalue weighted by Gasteiger charge is -2.32. The summed E-state index contributed by atoms with van der Waals surface area (Å²) in [4.78, 5) is 59.8. The van der Waals surface area contributed by atoms with E-state index in [1.807, 2.05) is 32.0 Å². The largest absolute Gasteiger partial charge is 0.495 e. The number of anilines is 16. The number of hydrogen-bond donors (Lipinski definition) is 10. The number of rotatable bonds is 31. The minimum absolute atomic E-state index is 0.0137. The summed E-state index contributed by atoms with van der Waals surface area (Å²) in [6, 6.07) is 47.5. The maximum absolute atomic E-state index is 13.6. The van der Waals surface area contributed by atoms with Gasteiger partial charge in [0.15, 0.2) is 42.9 Å². The second-order valence-electron chi connectivity index (χ2n) is 31.9. The highest BCUT2D eigenvalue weighted by atomic mass is 35.5. The van der Waals surface area contributed by atoms with Crippen LogP contribution >= 0.6 is 86.6 Å². The first-order valence-corrected chi connectivity index (χ1v) is 57.5. The van der Waals surface area contributed by atoms with Crippen LogP contribution in [0, 0.1) is 6.92 Å². The zero-order valence-electron chi connectivity index (χ0n) is 75.6. The van der Waals surface area contributed by atoms with Crippen molar-refractivity contribution in [2.45, 2.75) is 80.1 Å². The van der Waals surface area contributed by atoms with Crippen molar-refractivity contribution in [1.82, 2.24) is 49.5 Å². The first-order chi connectivity index (χ1) is 63.0. The molecule has 0 saturated carbocycles. The Balaban J connectivity index is 0.000000186. The van der Waals surface area contributed by atoms with Crippen LogP contribution in [0.1, 0.15) is 63.9 Å². The zero-order chi connectivity index (χ0) is 98.2. The molecule has 8 aromatic carbocycles. The van der Waals surface area contributed by atoms with Crippen molar-refractivity contribution >= 4 is 242 Å². The minimum Gasteiger partial charge on any atom is -0.495 e. The molecule has 0 bridgehead atoms. The molecule has 134 heavy (non-hydrogen) atoms. The number of sulfone groups is 2. The van der Waals surface area contributed by atoms with E-state index in [4.69, 9.17) is 73.2 Å². The summed E-state index contributed by atoms with van der Waals surface area (Å²) in [5, 5.41) is 27.3. The number of nitrogens with zero attached hydrogens (tertiary/aromatic N) is 9. The van der Waals surface area contributed by atoms with Gasteiger partial charge in [-0.15, -0.1) is 0 Å². The van der Waals surface area contributed by atoms with Crippen LogP contribution in [0.25, 0.3) is 0 Å². The molecule has 4 aromatic heterocycles. The van der Waals surface area contributed by atoms with Crippen molar-refractivity contribution in [2.75, 3.05) is 129 Å². The molecule has 33 nitrogen and oxygen atoms in total. The molecule has 0 atom stereocenters. The third kappa shape index (κ3) is 27.5. The highest BCUT2D eigenvalue weighted by Gasteiger charge is 2.33. The van der Waals surface area contributed by atoms with Gasteiger partial charge in [0.25, 0.3) is 5.91 Å². The quantitative estimate of drug-likeness (QED) is 0.0180. The molecule has 12 aromatic rings. The third-order valence-corrected chi connectivity index (χ3v) is 35.3. The molecule has 5 heterocycles. The highest BCUT2D eigenvalue weighted by Crippen LogP contribution is 2.49. The average Bonchev–Trinajstić information content (AvgIpc) is 0.789. The summed E-state index contributed by atoms with van der Waals surface area (Å²) >= 11 is 31.5. The van der Waals surface area contributed by atoms with Crippen LogP contribution in [0.4, 0.5) is 92.6 Å². The number of aryl methyl sites for hydroxylation is 1. The SMILES string of the molecule is CC(C)S(=O)(=O)c1ccccc1Nc1nc(Nc2ccc(P(C)(C)=O)cc2Cl)ncc1Cl.CCCNS(=O)(=O)c1ccccc1Nc1nc(Nc2ccc(P(C)(C)=O)cc2C)ncc1Cl.COc1cc(P(C)(C)=O)ccc1Nc1ncc(Cl)c(Nc2ccccc2C(N)=O)n1.COc1cc(P2(=O)CCN(C(C)=O)CC2)ccc1Nc1ncc(Cl)c(Nc2ccccc2S(=O)(=O)C(C)C)n1. The number of primary amides is 1. The van der Waals surface area contributed by atoms with E-state index in [2.05, 4.69) is 87.1 Å². The zero-order valence-corrected chi connectivity index (χ0v) is 85.4. The van der Waals surface area contributed by atoms with Gasteiger partial charge in [0.2, 0.25) is 39.7 Å². The second kappa shape index (κ2) is 45.2. The monoisotopic (exact) mass is 2060 g/mol. The Labute approximate surface area is 804 Å². The Kier molecular flexibility index (Phi) is 35.5. The molecule has 1 fully saturated rings. The van der Waals surface area contributed by atoms with Crippen LogP contribution in [0.3, 0.4) is 0 Å². The highest BCUT2D eigenvalue weighted by molar-refractivity contribution is 7.92. The van der Waals surface area contributed by atoms with Crippen molar-refractivity contribution in [3.63, 3.8) is 0 Å². The van der Waals surface area contributed by atoms with Crippen molar-refractivity contribution in [2.24, 2.45) is 5.73 Å². The van der Waals surface area contributed by atoms with Gasteiger partial charge in [0, 0.05) is 65.8 Å². The predicted octanol–water partition coefficient (Wildman–Crippen LogP) is 19.2.